The van der Waals surface area contributed by atoms with Crippen LogP contribution in [0.3, 0.4) is 0 Å². The van der Waals surface area contributed by atoms with E-state index in [2.05, 4.69) is 10.1 Å². The number of nitrogens with one attached hydrogen (secondary N) is 1. The van der Waals surface area contributed by atoms with Crippen molar-refractivity contribution in [3.63, 3.8) is 0 Å². The first-order valence-corrected chi connectivity index (χ1v) is 6.21. The van der Waals surface area contributed by atoms with E-state index < -0.39 is 0 Å². The summed E-state index contributed by atoms with van der Waals surface area (Å²) in [4.78, 5) is 23.0. The molecule has 4 nitrogen and oxygen atoms in total. The quantitative estimate of drug-likeness (QED) is 0.514. The van der Waals surface area contributed by atoms with E-state index in [1.54, 1.807) is 6.07 Å². The predicted octanol–water partition coefficient (Wildman–Crippen LogP) is 2.30. The molecule has 0 saturated carbocycles. The highest BCUT2D eigenvalue weighted by molar-refractivity contribution is 6.13. The Bertz CT molecular complexity index is 656. The molecule has 2 aromatic rings. The molecule has 0 aliphatic heterocycles. The summed E-state index contributed by atoms with van der Waals surface area (Å²) >= 11 is 0. The summed E-state index contributed by atoms with van der Waals surface area (Å²) in [5, 5.41) is 4.65. The molecule has 102 valence electrons. The molecule has 0 bridgehead atoms. The molecule has 0 heterocycles. The molecule has 1 N–H and O–H groups in total. The first-order chi connectivity index (χ1) is 9.72. The van der Waals surface area contributed by atoms with Crippen LogP contribution in [0.5, 0.6) is 0 Å². The highest BCUT2D eigenvalue weighted by Gasteiger charge is 2.06. The van der Waals surface area contributed by atoms with E-state index in [-0.39, 0.29) is 18.3 Å². The van der Waals surface area contributed by atoms with Crippen LogP contribution in [-0.4, -0.2) is 25.4 Å². The number of rotatable bonds is 5. The lowest BCUT2D eigenvalue weighted by Crippen LogP contribution is -2.19. The van der Waals surface area contributed by atoms with E-state index in [0.717, 1.165) is 10.8 Å². The number of carbonyl (C=O) groups is 2. The fourth-order valence-corrected chi connectivity index (χ4v) is 1.88. The van der Waals surface area contributed by atoms with Gasteiger partial charge in [-0.25, -0.2) is 0 Å². The third-order valence-electron chi connectivity index (χ3n) is 2.88. The maximum Gasteiger partial charge on any atom is 0.325 e. The molecule has 0 atom stereocenters. The first-order valence-electron chi connectivity index (χ1n) is 6.21. The molecule has 0 unspecified atom stereocenters. The average molecular weight is 269 g/mol. The van der Waals surface area contributed by atoms with Gasteiger partial charge in [0.05, 0.1) is 7.11 Å². The molecule has 0 spiro atoms. The van der Waals surface area contributed by atoms with Crippen LogP contribution in [0.2, 0.25) is 0 Å². The average Bonchev–Trinajstić information content (AvgIpc) is 2.50. The zero-order chi connectivity index (χ0) is 14.4. The second kappa shape index (κ2) is 6.52. The van der Waals surface area contributed by atoms with Crippen molar-refractivity contribution in [2.24, 2.45) is 0 Å². The van der Waals surface area contributed by atoms with Crippen molar-refractivity contribution in [1.29, 1.82) is 0 Å². The number of hydrogen-bond donors (Lipinski definition) is 1. The van der Waals surface area contributed by atoms with E-state index >= 15 is 0 Å². The first kappa shape index (κ1) is 13.8. The molecule has 0 fully saturated rings. The molecule has 0 aliphatic rings. The molecular formula is C16H15NO3. The van der Waals surface area contributed by atoms with Gasteiger partial charge in [0.25, 0.3) is 0 Å². The van der Waals surface area contributed by atoms with Gasteiger partial charge in [-0.3, -0.25) is 9.59 Å². The third kappa shape index (κ3) is 3.23. The van der Waals surface area contributed by atoms with Crippen molar-refractivity contribution >= 4 is 22.5 Å². The lowest BCUT2D eigenvalue weighted by Gasteiger charge is -2.03. The van der Waals surface area contributed by atoms with Crippen molar-refractivity contribution < 1.29 is 14.3 Å². The number of esters is 1. The van der Waals surface area contributed by atoms with Gasteiger partial charge in [-0.2, -0.15) is 0 Å². The summed E-state index contributed by atoms with van der Waals surface area (Å²) in [5.41, 5.74) is 0.638. The van der Waals surface area contributed by atoms with Crippen molar-refractivity contribution in [1.82, 2.24) is 5.32 Å². The maximum absolute atomic E-state index is 12.1. The van der Waals surface area contributed by atoms with E-state index in [0.29, 0.717) is 5.56 Å². The second-order valence-corrected chi connectivity index (χ2v) is 4.18. The minimum absolute atomic E-state index is 0.0375. The molecule has 0 saturated heterocycles. The van der Waals surface area contributed by atoms with Crippen molar-refractivity contribution in [3.8, 4) is 0 Å². The Morgan fingerprint density at radius 2 is 1.90 bits per heavy atom. The molecule has 4 heteroatoms. The SMILES string of the molecule is COC(=O)CNC=CC(=O)c1cccc2ccccc12. The molecule has 0 aromatic heterocycles. The van der Waals surface area contributed by atoms with Crippen LogP contribution < -0.4 is 5.32 Å². The highest BCUT2D eigenvalue weighted by Crippen LogP contribution is 2.19. The Morgan fingerprint density at radius 3 is 2.70 bits per heavy atom. The smallest absolute Gasteiger partial charge is 0.325 e. The lowest BCUT2D eigenvalue weighted by atomic mass is 10.0. The van der Waals surface area contributed by atoms with Crippen molar-refractivity contribution in [2.45, 2.75) is 0 Å². The van der Waals surface area contributed by atoms with Gasteiger partial charge >= 0.3 is 5.97 Å². The normalized spacial score (nSPS) is 10.7. The Hall–Kier alpha value is -2.62. The van der Waals surface area contributed by atoms with Gasteiger partial charge in [-0.05, 0) is 10.8 Å². The number of allylic oxidation sites excluding steroid dienone is 1. The minimum atomic E-state index is -0.382. The van der Waals surface area contributed by atoms with Crippen LogP contribution in [0.4, 0.5) is 0 Å². The number of benzene rings is 2. The number of ether oxygens (including phenoxy) is 1. The number of hydrogen-bond acceptors (Lipinski definition) is 4. The molecule has 0 aliphatic carbocycles. The fraction of sp³-hybridized carbons (Fsp3) is 0.125. The third-order valence-corrected chi connectivity index (χ3v) is 2.88. The van der Waals surface area contributed by atoms with Crippen LogP contribution in [0.15, 0.2) is 54.7 Å². The highest BCUT2D eigenvalue weighted by atomic mass is 16.5. The maximum atomic E-state index is 12.1. The van der Waals surface area contributed by atoms with E-state index in [9.17, 15) is 9.59 Å². The topological polar surface area (TPSA) is 55.4 Å². The number of ketones is 1. The largest absolute Gasteiger partial charge is 0.468 e. The second-order valence-electron chi connectivity index (χ2n) is 4.18. The van der Waals surface area contributed by atoms with Gasteiger partial charge < -0.3 is 10.1 Å². The standard InChI is InChI=1S/C16H15NO3/c1-20-16(19)11-17-10-9-15(18)14-8-4-6-12-5-2-3-7-13(12)14/h2-10,17H,11H2,1H3. The van der Waals surface area contributed by atoms with Crippen molar-refractivity contribution in [2.75, 3.05) is 13.7 Å². The Balaban J connectivity index is 2.12. The zero-order valence-corrected chi connectivity index (χ0v) is 11.1. The van der Waals surface area contributed by atoms with E-state index in [1.807, 2.05) is 36.4 Å². The van der Waals surface area contributed by atoms with Crippen LogP contribution in [-0.2, 0) is 9.53 Å². The summed E-state index contributed by atoms with van der Waals surface area (Å²) in [6, 6.07) is 13.3. The van der Waals surface area contributed by atoms with E-state index in [1.165, 1.54) is 19.4 Å². The fourth-order valence-electron chi connectivity index (χ4n) is 1.88. The Kier molecular flexibility index (Phi) is 4.50. The van der Waals surface area contributed by atoms with E-state index in [4.69, 9.17) is 0 Å². The predicted molar refractivity (Wildman–Crippen MR) is 77.4 cm³/mol. The Labute approximate surface area is 117 Å². The summed E-state index contributed by atoms with van der Waals surface area (Å²) in [5.74, 6) is -0.494. The lowest BCUT2D eigenvalue weighted by molar-refractivity contribution is -0.139. The molecule has 2 rings (SSSR count). The van der Waals surface area contributed by atoms with Gasteiger partial charge in [-0.1, -0.05) is 42.5 Å². The monoisotopic (exact) mass is 269 g/mol. The molecule has 0 amide bonds. The summed E-state index contributed by atoms with van der Waals surface area (Å²) in [7, 11) is 1.31. The zero-order valence-electron chi connectivity index (χ0n) is 11.1. The van der Waals surface area contributed by atoms with Crippen molar-refractivity contribution in [3.05, 3.63) is 60.3 Å². The van der Waals surface area contributed by atoms with Crippen LogP contribution in [0, 0.1) is 0 Å². The van der Waals surface area contributed by atoms with Crippen LogP contribution >= 0.6 is 0 Å². The van der Waals surface area contributed by atoms with Gasteiger partial charge in [0.2, 0.25) is 0 Å². The van der Waals surface area contributed by atoms with Crippen LogP contribution in [0.25, 0.3) is 10.8 Å². The summed E-state index contributed by atoms with van der Waals surface area (Å²) < 4.78 is 4.48. The Morgan fingerprint density at radius 1 is 1.15 bits per heavy atom. The number of methoxy groups -OCH3 is 1. The molecule has 0 radical (unpaired) electrons. The van der Waals surface area contributed by atoms with Gasteiger partial charge in [0, 0.05) is 17.8 Å². The van der Waals surface area contributed by atoms with Gasteiger partial charge in [0.1, 0.15) is 6.54 Å². The summed E-state index contributed by atoms with van der Waals surface area (Å²) in [6.07, 6.45) is 2.87. The van der Waals surface area contributed by atoms with Gasteiger partial charge in [-0.15, -0.1) is 0 Å². The molecule has 2 aromatic carbocycles. The summed E-state index contributed by atoms with van der Waals surface area (Å²) in [6.45, 7) is 0.0375. The molecular weight excluding hydrogens is 254 g/mol. The number of carbonyl (C=O) groups excluding carboxylic acids is 2. The van der Waals surface area contributed by atoms with Crippen LogP contribution in [0.1, 0.15) is 10.4 Å². The number of fused-ring (bicyclic) bond motifs is 1. The molecule has 20 heavy (non-hydrogen) atoms. The minimum Gasteiger partial charge on any atom is -0.468 e. The van der Waals surface area contributed by atoms with Gasteiger partial charge in [0.15, 0.2) is 5.78 Å².